The molecule has 3 aliphatic heterocycles. The van der Waals surface area contributed by atoms with Gasteiger partial charge >= 0.3 is 0 Å². The van der Waals surface area contributed by atoms with Crippen LogP contribution >= 0.6 is 27.5 Å². The van der Waals surface area contributed by atoms with Crippen molar-refractivity contribution in [2.75, 3.05) is 16.9 Å². The van der Waals surface area contributed by atoms with Crippen molar-refractivity contribution in [3.05, 3.63) is 93.4 Å². The molecule has 0 saturated carbocycles. The van der Waals surface area contributed by atoms with Crippen molar-refractivity contribution in [2.24, 2.45) is 11.8 Å². The topological polar surface area (TPSA) is 66.9 Å². The van der Waals surface area contributed by atoms with Crippen molar-refractivity contribution in [1.29, 1.82) is 0 Å². The summed E-state index contributed by atoms with van der Waals surface area (Å²) >= 11 is 9.64. The Hall–Kier alpha value is -3.42. The van der Waals surface area contributed by atoms with Gasteiger partial charge in [-0.05, 0) is 60.2 Å². The summed E-state index contributed by atoms with van der Waals surface area (Å²) in [6.45, 7) is 0. The van der Waals surface area contributed by atoms with E-state index >= 15 is 0 Å². The number of anilines is 2. The second-order valence-electron chi connectivity index (χ2n) is 9.04. The molecule has 6 rings (SSSR count). The number of carbonyl (C=O) groups excluding carboxylic acids is 3. The summed E-state index contributed by atoms with van der Waals surface area (Å²) in [7, 11) is 1.55. The standard InChI is InChI=1S/C28H20BrClN2O4/c1-36-20-10-8-19(9-11-20)31-27(34)23-22-12-4-16-14-18(30)7-13-21(16)32(22)25(24(23)28(31)35)26(33)15-2-5-17(29)6-3-15/h2-14,22-25H,1H3/t22-,23+,24+,25+/m1/s1. The molecule has 8 heteroatoms. The number of Topliss-reactive ketones (excluding diaryl/α,β-unsaturated/α-hetero) is 1. The average Bonchev–Trinajstić information content (AvgIpc) is 3.36. The van der Waals surface area contributed by atoms with E-state index in [0.717, 1.165) is 15.7 Å². The number of methoxy groups -OCH3 is 1. The van der Waals surface area contributed by atoms with Crippen LogP contribution in [0.2, 0.25) is 5.02 Å². The molecule has 2 saturated heterocycles. The molecule has 0 spiro atoms. The molecule has 0 bridgehead atoms. The molecular weight excluding hydrogens is 544 g/mol. The summed E-state index contributed by atoms with van der Waals surface area (Å²) in [5.41, 5.74) is 2.58. The first kappa shape index (κ1) is 23.0. The lowest BCUT2D eigenvalue weighted by Gasteiger charge is -2.36. The monoisotopic (exact) mass is 562 g/mol. The van der Waals surface area contributed by atoms with Gasteiger partial charge in [-0.15, -0.1) is 0 Å². The van der Waals surface area contributed by atoms with Gasteiger partial charge < -0.3 is 9.64 Å². The van der Waals surface area contributed by atoms with Crippen LogP contribution in [-0.2, 0) is 9.59 Å². The maximum Gasteiger partial charge on any atom is 0.240 e. The van der Waals surface area contributed by atoms with E-state index in [-0.39, 0.29) is 17.6 Å². The lowest BCUT2D eigenvalue weighted by Crippen LogP contribution is -2.48. The zero-order valence-corrected chi connectivity index (χ0v) is 21.4. The Bertz CT molecular complexity index is 1440. The number of benzene rings is 3. The van der Waals surface area contributed by atoms with Crippen molar-refractivity contribution >= 4 is 62.6 Å². The molecule has 3 aromatic carbocycles. The predicted molar refractivity (Wildman–Crippen MR) is 141 cm³/mol. The van der Waals surface area contributed by atoms with Gasteiger partial charge in [-0.2, -0.15) is 0 Å². The number of amides is 2. The summed E-state index contributed by atoms with van der Waals surface area (Å²) in [4.78, 5) is 44.9. The molecular formula is C28H20BrClN2O4. The van der Waals surface area contributed by atoms with E-state index in [1.54, 1.807) is 61.7 Å². The second-order valence-corrected chi connectivity index (χ2v) is 10.4. The summed E-state index contributed by atoms with van der Waals surface area (Å²) in [5.74, 6) is -1.77. The van der Waals surface area contributed by atoms with E-state index < -0.39 is 23.9 Å². The summed E-state index contributed by atoms with van der Waals surface area (Å²) in [6, 6.07) is 18.0. The highest BCUT2D eigenvalue weighted by Gasteiger charge is 2.64. The van der Waals surface area contributed by atoms with Gasteiger partial charge in [-0.1, -0.05) is 51.8 Å². The van der Waals surface area contributed by atoms with Crippen LogP contribution in [0.15, 0.2) is 77.3 Å². The van der Waals surface area contributed by atoms with Gasteiger partial charge in [0.1, 0.15) is 11.8 Å². The summed E-state index contributed by atoms with van der Waals surface area (Å²) in [5, 5.41) is 0.574. The molecule has 3 aromatic rings. The number of carbonyl (C=O) groups is 3. The van der Waals surface area contributed by atoms with Crippen LogP contribution in [0.3, 0.4) is 0 Å². The lowest BCUT2D eigenvalue weighted by molar-refractivity contribution is -0.122. The number of ketones is 1. The zero-order chi connectivity index (χ0) is 25.1. The molecule has 3 heterocycles. The molecule has 0 radical (unpaired) electrons. The fourth-order valence-corrected chi connectivity index (χ4v) is 6.06. The molecule has 2 fully saturated rings. The molecule has 0 aliphatic carbocycles. The number of rotatable bonds is 4. The Morgan fingerprint density at radius 2 is 1.64 bits per heavy atom. The van der Waals surface area contributed by atoms with Gasteiger partial charge in [0.25, 0.3) is 0 Å². The van der Waals surface area contributed by atoms with E-state index in [1.165, 1.54) is 4.90 Å². The van der Waals surface area contributed by atoms with Gasteiger partial charge in [-0.3, -0.25) is 14.4 Å². The van der Waals surface area contributed by atoms with Crippen LogP contribution < -0.4 is 14.5 Å². The van der Waals surface area contributed by atoms with Crippen LogP contribution in [0.4, 0.5) is 11.4 Å². The Labute approximate surface area is 221 Å². The van der Waals surface area contributed by atoms with Gasteiger partial charge in [-0.25, -0.2) is 4.90 Å². The van der Waals surface area contributed by atoms with E-state index in [1.807, 2.05) is 29.2 Å². The van der Waals surface area contributed by atoms with Gasteiger partial charge in [0, 0.05) is 20.7 Å². The number of halogens is 2. The van der Waals surface area contributed by atoms with Crippen molar-refractivity contribution < 1.29 is 19.1 Å². The molecule has 4 atom stereocenters. The number of fused-ring (bicyclic) bond motifs is 5. The van der Waals surface area contributed by atoms with Crippen LogP contribution in [0.1, 0.15) is 15.9 Å². The van der Waals surface area contributed by atoms with Gasteiger partial charge in [0.2, 0.25) is 11.8 Å². The third-order valence-corrected chi connectivity index (χ3v) is 7.96. The first-order valence-electron chi connectivity index (χ1n) is 11.5. The third-order valence-electron chi connectivity index (χ3n) is 7.20. The van der Waals surface area contributed by atoms with Crippen LogP contribution in [-0.4, -0.2) is 36.8 Å². The van der Waals surface area contributed by atoms with Crippen molar-refractivity contribution in [1.82, 2.24) is 0 Å². The van der Waals surface area contributed by atoms with E-state index in [4.69, 9.17) is 16.3 Å². The maximum atomic E-state index is 14.0. The molecule has 180 valence electrons. The number of nitrogens with zero attached hydrogens (tertiary/aromatic N) is 2. The Morgan fingerprint density at radius 3 is 2.33 bits per heavy atom. The van der Waals surface area contributed by atoms with E-state index in [9.17, 15) is 14.4 Å². The fraction of sp³-hybridized carbons (Fsp3) is 0.179. The minimum Gasteiger partial charge on any atom is -0.497 e. The maximum absolute atomic E-state index is 14.0. The van der Waals surface area contributed by atoms with E-state index in [0.29, 0.717) is 22.0 Å². The van der Waals surface area contributed by atoms with Crippen LogP contribution in [0, 0.1) is 11.8 Å². The number of imide groups is 1. The molecule has 36 heavy (non-hydrogen) atoms. The summed E-state index contributed by atoms with van der Waals surface area (Å²) < 4.78 is 6.06. The molecule has 3 aliphatic rings. The van der Waals surface area contributed by atoms with Crippen molar-refractivity contribution in [2.45, 2.75) is 12.1 Å². The smallest absolute Gasteiger partial charge is 0.240 e. The number of ether oxygens (including phenoxy) is 1. The largest absolute Gasteiger partial charge is 0.497 e. The number of hydrogen-bond donors (Lipinski definition) is 0. The van der Waals surface area contributed by atoms with Gasteiger partial charge in [0.15, 0.2) is 5.78 Å². The average molecular weight is 564 g/mol. The molecule has 0 aromatic heterocycles. The molecule has 0 unspecified atom stereocenters. The first-order valence-corrected chi connectivity index (χ1v) is 12.6. The minimum atomic E-state index is -0.842. The second kappa shape index (κ2) is 8.61. The van der Waals surface area contributed by atoms with Crippen molar-refractivity contribution in [3.63, 3.8) is 0 Å². The summed E-state index contributed by atoms with van der Waals surface area (Å²) in [6.07, 6.45) is 3.83. The normalized spacial score (nSPS) is 24.0. The molecule has 0 N–H and O–H groups in total. The molecule has 6 nitrogen and oxygen atoms in total. The molecule has 2 amide bonds. The van der Waals surface area contributed by atoms with E-state index in [2.05, 4.69) is 15.9 Å². The predicted octanol–water partition coefficient (Wildman–Crippen LogP) is 5.38. The zero-order valence-electron chi connectivity index (χ0n) is 19.1. The lowest BCUT2D eigenvalue weighted by atomic mass is 9.86. The Morgan fingerprint density at radius 1 is 0.944 bits per heavy atom. The third kappa shape index (κ3) is 3.41. The van der Waals surface area contributed by atoms with Crippen LogP contribution in [0.5, 0.6) is 5.75 Å². The van der Waals surface area contributed by atoms with Crippen LogP contribution in [0.25, 0.3) is 6.08 Å². The van der Waals surface area contributed by atoms with Gasteiger partial charge in [0.05, 0.1) is 30.7 Å². The SMILES string of the molecule is COc1ccc(N2C(=O)[C@@H]3[C@H](C2=O)[C@@H](C(=O)c2ccc(Br)cc2)N2c4ccc(Cl)cc4C=C[C@H]32)cc1. The fourth-order valence-electron chi connectivity index (χ4n) is 5.61. The highest BCUT2D eigenvalue weighted by atomic mass is 79.9. The Kier molecular flexibility index (Phi) is 5.50. The van der Waals surface area contributed by atoms with Crippen molar-refractivity contribution in [3.8, 4) is 5.75 Å². The Balaban J connectivity index is 1.47. The minimum absolute atomic E-state index is 0.200. The number of hydrogen-bond acceptors (Lipinski definition) is 5. The highest BCUT2D eigenvalue weighted by molar-refractivity contribution is 9.10. The first-order chi connectivity index (χ1) is 17.4. The highest BCUT2D eigenvalue weighted by Crippen LogP contribution is 2.50. The quantitative estimate of drug-likeness (QED) is 0.315.